The van der Waals surface area contributed by atoms with Gasteiger partial charge in [0.2, 0.25) is 17.6 Å². The van der Waals surface area contributed by atoms with Crippen LogP contribution < -0.4 is 11.1 Å². The van der Waals surface area contributed by atoms with Crippen LogP contribution in [0.5, 0.6) is 0 Å². The van der Waals surface area contributed by atoms with E-state index in [2.05, 4.69) is 40.9 Å². The van der Waals surface area contributed by atoms with Crippen molar-refractivity contribution < 1.29 is 18.0 Å². The standard InChI is InChI=1S/C17H19F2N3O.C10H12N2.C7H14O.C3H6/c1-10-3-4-11(5-13(10)20-2)14-21-15(23-22-14)12-6-16(7-12)8-17(18,19)9-16;1-3-9(7-11)10-6-8(2)4-5-12-10;1-3-7(4-2)5-8-6-7;1-2-3-1/h3-5,12,20H,6-9H2,1-2H3;3-7H,1,11H2,2H3;3-6H2,1-2H3;1-3H2/b;9-7-;;. The predicted molar refractivity (Wildman–Crippen MR) is 182 cm³/mol. The average molecular weight is 636 g/mol. The zero-order valence-electron chi connectivity index (χ0n) is 28.2. The fraction of sp³-hybridized carbons (Fsp3) is 0.541. The van der Waals surface area contributed by atoms with Gasteiger partial charge < -0.3 is 20.3 Å². The van der Waals surface area contributed by atoms with Crippen LogP contribution in [0, 0.1) is 24.7 Å². The topological polar surface area (TPSA) is 99.1 Å². The maximum atomic E-state index is 13.1. The molecule has 3 heterocycles. The molecule has 1 saturated heterocycles. The predicted octanol–water partition coefficient (Wildman–Crippen LogP) is 9.25. The van der Waals surface area contributed by atoms with Crippen molar-refractivity contribution >= 4 is 11.3 Å². The monoisotopic (exact) mass is 635 g/mol. The van der Waals surface area contributed by atoms with Gasteiger partial charge in [-0.15, -0.1) is 0 Å². The number of alkyl halides is 2. The number of rotatable bonds is 7. The van der Waals surface area contributed by atoms with Crippen LogP contribution in [0.3, 0.4) is 0 Å². The second-order valence-corrected chi connectivity index (χ2v) is 13.4. The van der Waals surface area contributed by atoms with Crippen molar-refractivity contribution in [3.05, 3.63) is 78.1 Å². The molecule has 4 aliphatic rings. The molecule has 1 spiro atoms. The molecule has 7 rings (SSSR count). The zero-order valence-corrected chi connectivity index (χ0v) is 28.2. The Morgan fingerprint density at radius 1 is 1.07 bits per heavy atom. The van der Waals surface area contributed by atoms with Gasteiger partial charge in [0.1, 0.15) is 0 Å². The van der Waals surface area contributed by atoms with Crippen molar-refractivity contribution in [3.8, 4) is 11.4 Å². The summed E-state index contributed by atoms with van der Waals surface area (Å²) in [4.78, 5) is 8.64. The Morgan fingerprint density at radius 2 is 1.74 bits per heavy atom. The Balaban J connectivity index is 0.000000173. The number of hydrogen-bond donors (Lipinski definition) is 2. The Bertz CT molecular complexity index is 1450. The zero-order chi connectivity index (χ0) is 33.4. The lowest BCUT2D eigenvalue weighted by molar-refractivity contribution is -0.198. The molecule has 3 aromatic rings. The summed E-state index contributed by atoms with van der Waals surface area (Å²) in [5, 5.41) is 7.19. The molecule has 3 N–H and O–H groups in total. The summed E-state index contributed by atoms with van der Waals surface area (Å²) in [5.74, 6) is -1.21. The van der Waals surface area contributed by atoms with Crippen LogP contribution in [0.1, 0.15) is 100 Å². The minimum Gasteiger partial charge on any atom is -0.404 e. The van der Waals surface area contributed by atoms with Crippen molar-refractivity contribution in [2.45, 2.75) is 97.3 Å². The van der Waals surface area contributed by atoms with Crippen LogP contribution in [0.2, 0.25) is 0 Å². The van der Waals surface area contributed by atoms with Gasteiger partial charge in [0.05, 0.1) is 18.9 Å². The number of allylic oxidation sites excluding steroid dienone is 2. The normalized spacial score (nSPS) is 19.7. The number of benzene rings is 1. The largest absolute Gasteiger partial charge is 0.404 e. The fourth-order valence-corrected chi connectivity index (χ4v) is 6.04. The molecule has 0 bridgehead atoms. The Labute approximate surface area is 273 Å². The highest BCUT2D eigenvalue weighted by Crippen LogP contribution is 2.66. The smallest absolute Gasteiger partial charge is 0.249 e. The summed E-state index contributed by atoms with van der Waals surface area (Å²) in [6, 6.07) is 9.87. The summed E-state index contributed by atoms with van der Waals surface area (Å²) < 4.78 is 36.6. The minimum atomic E-state index is -2.46. The molecule has 0 amide bonds. The molecule has 7 nitrogen and oxygen atoms in total. The van der Waals surface area contributed by atoms with Gasteiger partial charge in [-0.3, -0.25) is 4.98 Å². The first kappa shape index (κ1) is 35.3. The average Bonchev–Trinajstić information content (AvgIpc) is 3.80. The maximum Gasteiger partial charge on any atom is 0.249 e. The Kier molecular flexibility index (Phi) is 11.8. The van der Waals surface area contributed by atoms with E-state index < -0.39 is 5.92 Å². The second kappa shape index (κ2) is 15.3. The number of pyridine rings is 1. The molecule has 2 aromatic heterocycles. The summed E-state index contributed by atoms with van der Waals surface area (Å²) >= 11 is 0. The first-order chi connectivity index (χ1) is 22.0. The first-order valence-electron chi connectivity index (χ1n) is 16.6. The van der Waals surface area contributed by atoms with Crippen LogP contribution in [-0.4, -0.2) is 41.3 Å². The molecule has 9 heteroatoms. The molecule has 250 valence electrons. The molecule has 0 unspecified atom stereocenters. The number of hydrogen-bond acceptors (Lipinski definition) is 7. The summed E-state index contributed by atoms with van der Waals surface area (Å²) in [7, 11) is 1.87. The third-order valence-corrected chi connectivity index (χ3v) is 9.46. The highest BCUT2D eigenvalue weighted by Gasteiger charge is 2.62. The number of nitrogens with zero attached hydrogens (tertiary/aromatic N) is 3. The van der Waals surface area contributed by atoms with Crippen molar-refractivity contribution in [1.82, 2.24) is 15.1 Å². The van der Waals surface area contributed by atoms with E-state index in [9.17, 15) is 8.78 Å². The Morgan fingerprint density at radius 3 is 2.20 bits per heavy atom. The molecule has 0 atom stereocenters. The molecule has 46 heavy (non-hydrogen) atoms. The van der Waals surface area contributed by atoms with Crippen LogP contribution in [0.4, 0.5) is 14.5 Å². The number of aromatic nitrogens is 3. The SMILES string of the molecule is C1CC1.C=C/C(=C/N)c1cc(C)ccn1.CCC1(CC)COC1.CNc1cc(-c2noc(C3CC4(C3)CC(F)(F)C4)n2)ccc1C. The van der Waals surface area contributed by atoms with Crippen molar-refractivity contribution in [1.29, 1.82) is 0 Å². The summed E-state index contributed by atoms with van der Waals surface area (Å²) in [5.41, 5.74) is 11.8. The number of anilines is 1. The first-order valence-corrected chi connectivity index (χ1v) is 16.6. The lowest BCUT2D eigenvalue weighted by atomic mass is 9.50. The number of aryl methyl sites for hydroxylation is 2. The highest BCUT2D eigenvalue weighted by molar-refractivity contribution is 5.70. The summed E-state index contributed by atoms with van der Waals surface area (Å²) in [6.45, 7) is 14.2. The molecular formula is C37H51F2N5O2. The maximum absolute atomic E-state index is 13.1. The van der Waals surface area contributed by atoms with E-state index in [1.807, 2.05) is 51.2 Å². The third-order valence-electron chi connectivity index (χ3n) is 9.46. The van der Waals surface area contributed by atoms with Gasteiger partial charge in [0, 0.05) is 60.4 Å². The molecule has 1 aromatic carbocycles. The van der Waals surface area contributed by atoms with E-state index in [0.29, 0.717) is 17.1 Å². The number of halogens is 2. The third kappa shape index (κ3) is 9.02. The van der Waals surface area contributed by atoms with E-state index >= 15 is 0 Å². The van der Waals surface area contributed by atoms with E-state index in [1.54, 1.807) is 12.3 Å². The molecule has 1 aliphatic heterocycles. The lowest BCUT2D eigenvalue weighted by Crippen LogP contribution is -2.52. The number of ether oxygens (including phenoxy) is 1. The fourth-order valence-electron chi connectivity index (χ4n) is 6.04. The quantitative estimate of drug-likeness (QED) is 0.250. The number of nitrogens with two attached hydrogens (primary N) is 1. The van der Waals surface area contributed by atoms with E-state index in [1.165, 1.54) is 43.9 Å². The van der Waals surface area contributed by atoms with Gasteiger partial charge in [-0.1, -0.05) is 63.1 Å². The minimum absolute atomic E-state index is 0.0149. The van der Waals surface area contributed by atoms with Crippen LogP contribution >= 0.6 is 0 Å². The van der Waals surface area contributed by atoms with Crippen molar-refractivity contribution in [3.63, 3.8) is 0 Å². The van der Waals surface area contributed by atoms with Gasteiger partial charge in [-0.25, -0.2) is 8.78 Å². The molecule has 0 radical (unpaired) electrons. The number of nitrogens with one attached hydrogen (secondary N) is 1. The van der Waals surface area contributed by atoms with E-state index in [0.717, 1.165) is 54.1 Å². The Hall–Kier alpha value is -3.59. The van der Waals surface area contributed by atoms with Gasteiger partial charge in [0.25, 0.3) is 0 Å². The van der Waals surface area contributed by atoms with E-state index in [4.69, 9.17) is 15.0 Å². The molecule has 4 fully saturated rings. The van der Waals surface area contributed by atoms with E-state index in [-0.39, 0.29) is 24.2 Å². The summed E-state index contributed by atoms with van der Waals surface area (Å²) in [6.07, 6.45) is 13.5. The molecular weight excluding hydrogens is 584 g/mol. The van der Waals surface area contributed by atoms with Crippen LogP contribution in [-0.2, 0) is 4.74 Å². The van der Waals surface area contributed by atoms with Gasteiger partial charge in [-0.05, 0) is 74.3 Å². The second-order valence-electron chi connectivity index (χ2n) is 13.4. The van der Waals surface area contributed by atoms with Crippen LogP contribution in [0.25, 0.3) is 17.0 Å². The van der Waals surface area contributed by atoms with Crippen molar-refractivity contribution in [2.75, 3.05) is 25.6 Å². The van der Waals surface area contributed by atoms with Crippen molar-refractivity contribution in [2.24, 2.45) is 16.6 Å². The van der Waals surface area contributed by atoms with Gasteiger partial charge in [0.15, 0.2) is 0 Å². The molecule has 3 saturated carbocycles. The molecule has 3 aliphatic carbocycles. The van der Waals surface area contributed by atoms with Crippen LogP contribution in [0.15, 0.2) is 59.9 Å². The highest BCUT2D eigenvalue weighted by atomic mass is 19.3. The van der Waals surface area contributed by atoms with Gasteiger partial charge >= 0.3 is 0 Å². The van der Waals surface area contributed by atoms with Gasteiger partial charge in [-0.2, -0.15) is 4.98 Å². The lowest BCUT2D eigenvalue weighted by Gasteiger charge is -2.56.